The van der Waals surface area contributed by atoms with Crippen LogP contribution in [-0.2, 0) is 22.4 Å². The number of carbonyl (C=O) groups excluding carboxylic acids is 1. The highest BCUT2D eigenvalue weighted by molar-refractivity contribution is 5.91. The lowest BCUT2D eigenvalue weighted by molar-refractivity contribution is -0.120. The lowest BCUT2D eigenvalue weighted by Gasteiger charge is -2.08. The van der Waals surface area contributed by atoms with E-state index >= 15 is 0 Å². The minimum absolute atomic E-state index is 0.0844. The molecule has 0 bridgehead atoms. The van der Waals surface area contributed by atoms with Gasteiger partial charge in [0.25, 0.3) is 0 Å². The lowest BCUT2D eigenvalue weighted by Crippen LogP contribution is -2.23. The summed E-state index contributed by atoms with van der Waals surface area (Å²) < 4.78 is 4.98. The van der Waals surface area contributed by atoms with E-state index in [4.69, 9.17) is 4.74 Å². The summed E-state index contributed by atoms with van der Waals surface area (Å²) in [5, 5.41) is 9.91. The first-order valence-electron chi connectivity index (χ1n) is 7.48. The van der Waals surface area contributed by atoms with Crippen molar-refractivity contribution in [2.75, 3.05) is 19.0 Å². The number of aromatic amines is 1. The molecule has 0 aliphatic rings. The Hall–Kier alpha value is -2.14. The monoisotopic (exact) mass is 301 g/mol. The van der Waals surface area contributed by atoms with Gasteiger partial charge >= 0.3 is 0 Å². The third kappa shape index (κ3) is 4.43. The minimum Gasteiger partial charge on any atom is -0.384 e. The van der Waals surface area contributed by atoms with E-state index in [2.05, 4.69) is 40.6 Å². The minimum atomic E-state index is -0.197. The van der Waals surface area contributed by atoms with Gasteiger partial charge < -0.3 is 10.1 Å². The fraction of sp³-hybridized carbons (Fsp3) is 0.412. The Morgan fingerprint density at radius 1 is 1.36 bits per heavy atom. The predicted molar refractivity (Wildman–Crippen MR) is 86.8 cm³/mol. The quantitative estimate of drug-likeness (QED) is 0.826. The second-order valence-electron chi connectivity index (χ2n) is 5.55. The summed E-state index contributed by atoms with van der Waals surface area (Å²) in [7, 11) is 1.59. The molecule has 0 radical (unpaired) electrons. The van der Waals surface area contributed by atoms with Crippen LogP contribution in [0.15, 0.2) is 30.3 Å². The lowest BCUT2D eigenvalue weighted by atomic mass is 10.0. The number of carbonyl (C=O) groups is 1. The highest BCUT2D eigenvalue weighted by Gasteiger charge is 2.14. The van der Waals surface area contributed by atoms with Gasteiger partial charge in [-0.2, -0.15) is 5.10 Å². The molecule has 118 valence electrons. The van der Waals surface area contributed by atoms with E-state index in [1.165, 1.54) is 11.1 Å². The molecule has 0 fully saturated rings. The molecule has 0 spiro atoms. The Balaban J connectivity index is 1.89. The van der Waals surface area contributed by atoms with Crippen molar-refractivity contribution >= 4 is 11.7 Å². The van der Waals surface area contributed by atoms with Crippen LogP contribution in [0, 0.1) is 12.8 Å². The molecule has 0 aliphatic heterocycles. The summed E-state index contributed by atoms with van der Waals surface area (Å²) in [5.74, 6) is 0.281. The van der Waals surface area contributed by atoms with Crippen LogP contribution in [0.4, 0.5) is 5.82 Å². The standard InChI is InChI=1S/C17H23N3O2/c1-12-6-4-5-7-14(12)8-9-15-10-16(20-19-15)18-17(21)13(2)11-22-3/h4-7,10,13H,8-9,11H2,1-3H3,(H2,18,19,20,21). The molecule has 0 saturated carbocycles. The van der Waals surface area contributed by atoms with Crippen LogP contribution in [0.5, 0.6) is 0 Å². The van der Waals surface area contributed by atoms with Gasteiger partial charge in [0.1, 0.15) is 0 Å². The van der Waals surface area contributed by atoms with Crippen molar-refractivity contribution < 1.29 is 9.53 Å². The highest BCUT2D eigenvalue weighted by Crippen LogP contribution is 2.13. The third-order valence-corrected chi connectivity index (χ3v) is 3.67. The molecule has 5 heteroatoms. The van der Waals surface area contributed by atoms with Crippen molar-refractivity contribution in [3.63, 3.8) is 0 Å². The van der Waals surface area contributed by atoms with Gasteiger partial charge in [-0.15, -0.1) is 0 Å². The fourth-order valence-electron chi connectivity index (χ4n) is 2.29. The number of anilines is 1. The van der Waals surface area contributed by atoms with E-state index in [1.807, 2.05) is 19.1 Å². The number of nitrogens with one attached hydrogen (secondary N) is 2. The van der Waals surface area contributed by atoms with Gasteiger partial charge in [0, 0.05) is 18.9 Å². The predicted octanol–water partition coefficient (Wildman–Crippen LogP) is 2.72. The molecule has 0 aliphatic carbocycles. The van der Waals surface area contributed by atoms with E-state index in [1.54, 1.807) is 7.11 Å². The first-order valence-corrected chi connectivity index (χ1v) is 7.48. The number of rotatable bonds is 7. The maximum atomic E-state index is 11.9. The molecule has 2 rings (SSSR count). The fourth-order valence-corrected chi connectivity index (χ4v) is 2.29. The van der Waals surface area contributed by atoms with Crippen molar-refractivity contribution in [2.45, 2.75) is 26.7 Å². The van der Waals surface area contributed by atoms with Crippen LogP contribution < -0.4 is 5.32 Å². The number of amides is 1. The van der Waals surface area contributed by atoms with Gasteiger partial charge in [-0.1, -0.05) is 31.2 Å². The molecule has 1 heterocycles. The van der Waals surface area contributed by atoms with E-state index in [9.17, 15) is 4.79 Å². The summed E-state index contributed by atoms with van der Waals surface area (Å²) in [5.41, 5.74) is 3.64. The zero-order chi connectivity index (χ0) is 15.9. The van der Waals surface area contributed by atoms with E-state index in [0.717, 1.165) is 18.5 Å². The molecule has 2 N–H and O–H groups in total. The topological polar surface area (TPSA) is 67.0 Å². The van der Waals surface area contributed by atoms with Crippen molar-refractivity contribution in [2.24, 2.45) is 5.92 Å². The Kier molecular flexibility index (Phi) is 5.72. The number of methoxy groups -OCH3 is 1. The van der Waals surface area contributed by atoms with Crippen molar-refractivity contribution in [1.29, 1.82) is 0 Å². The number of aromatic nitrogens is 2. The molecule has 1 atom stereocenters. The second kappa shape index (κ2) is 7.75. The van der Waals surface area contributed by atoms with Gasteiger partial charge in [0.2, 0.25) is 5.91 Å². The van der Waals surface area contributed by atoms with E-state index in [0.29, 0.717) is 12.4 Å². The van der Waals surface area contributed by atoms with Gasteiger partial charge in [0.15, 0.2) is 5.82 Å². The maximum absolute atomic E-state index is 11.9. The Morgan fingerprint density at radius 3 is 2.86 bits per heavy atom. The summed E-state index contributed by atoms with van der Waals surface area (Å²) in [6.45, 7) is 4.34. The van der Waals surface area contributed by atoms with Gasteiger partial charge in [-0.3, -0.25) is 9.89 Å². The normalized spacial score (nSPS) is 12.1. The van der Waals surface area contributed by atoms with Crippen molar-refractivity contribution in [3.05, 3.63) is 47.2 Å². The number of aryl methyl sites for hydroxylation is 3. The molecular formula is C17H23N3O2. The average molecular weight is 301 g/mol. The van der Waals surface area contributed by atoms with Crippen LogP contribution in [0.3, 0.4) is 0 Å². The largest absolute Gasteiger partial charge is 0.384 e. The molecule has 2 aromatic rings. The molecule has 1 aromatic heterocycles. The number of hydrogen-bond donors (Lipinski definition) is 2. The van der Waals surface area contributed by atoms with Gasteiger partial charge in [0.05, 0.1) is 12.5 Å². The second-order valence-corrected chi connectivity index (χ2v) is 5.55. The van der Waals surface area contributed by atoms with Crippen LogP contribution >= 0.6 is 0 Å². The molecule has 1 unspecified atom stereocenters. The molecular weight excluding hydrogens is 278 g/mol. The molecule has 22 heavy (non-hydrogen) atoms. The van der Waals surface area contributed by atoms with Crippen LogP contribution in [0.1, 0.15) is 23.7 Å². The van der Waals surface area contributed by atoms with Gasteiger partial charge in [-0.05, 0) is 30.9 Å². The summed E-state index contributed by atoms with van der Waals surface area (Å²) in [6, 6.07) is 10.2. The molecule has 1 amide bonds. The Morgan fingerprint density at radius 2 is 2.14 bits per heavy atom. The summed E-state index contributed by atoms with van der Waals surface area (Å²) in [6.07, 6.45) is 1.81. The van der Waals surface area contributed by atoms with E-state index in [-0.39, 0.29) is 11.8 Å². The van der Waals surface area contributed by atoms with Crippen LogP contribution in [0.25, 0.3) is 0 Å². The number of ether oxygens (including phenoxy) is 1. The number of nitrogens with zero attached hydrogens (tertiary/aromatic N) is 1. The number of benzene rings is 1. The number of hydrogen-bond acceptors (Lipinski definition) is 3. The summed E-state index contributed by atoms with van der Waals surface area (Å²) in [4.78, 5) is 11.9. The van der Waals surface area contributed by atoms with Crippen molar-refractivity contribution in [1.82, 2.24) is 10.2 Å². The zero-order valence-corrected chi connectivity index (χ0v) is 13.3. The molecule has 5 nitrogen and oxygen atoms in total. The van der Waals surface area contributed by atoms with Crippen LogP contribution in [0.2, 0.25) is 0 Å². The summed E-state index contributed by atoms with van der Waals surface area (Å²) >= 11 is 0. The maximum Gasteiger partial charge on any atom is 0.230 e. The number of H-pyrrole nitrogens is 1. The Bertz CT molecular complexity index is 622. The first-order chi connectivity index (χ1) is 10.6. The molecule has 1 aromatic carbocycles. The molecule has 0 saturated heterocycles. The first kappa shape index (κ1) is 16.2. The average Bonchev–Trinajstić information content (AvgIpc) is 2.94. The van der Waals surface area contributed by atoms with Crippen LogP contribution in [-0.4, -0.2) is 29.8 Å². The Labute approximate surface area is 131 Å². The van der Waals surface area contributed by atoms with Crippen molar-refractivity contribution in [3.8, 4) is 0 Å². The highest BCUT2D eigenvalue weighted by atomic mass is 16.5. The zero-order valence-electron chi connectivity index (χ0n) is 13.3. The third-order valence-electron chi connectivity index (χ3n) is 3.67. The SMILES string of the molecule is COCC(C)C(=O)Nc1cc(CCc2ccccc2C)[nH]n1. The van der Waals surface area contributed by atoms with E-state index < -0.39 is 0 Å². The smallest absolute Gasteiger partial charge is 0.230 e. The van der Waals surface area contributed by atoms with Gasteiger partial charge in [-0.25, -0.2) is 0 Å².